The standard InChI is InChI=1S/C19H17FN4O2/c1-13-11-16(23-24(13)17-10-6-5-9-15(17)20)19(26)21-12-18(25)22-14-7-3-2-4-8-14/h2-11H,12H2,1H3,(H,21,26)(H,22,25). The zero-order valence-electron chi connectivity index (χ0n) is 14.1. The van der Waals surface area contributed by atoms with Crippen LogP contribution in [0.4, 0.5) is 10.1 Å². The summed E-state index contributed by atoms with van der Waals surface area (Å²) >= 11 is 0. The number of nitrogens with zero attached hydrogens (tertiary/aromatic N) is 2. The predicted octanol–water partition coefficient (Wildman–Crippen LogP) is 2.69. The van der Waals surface area contributed by atoms with Crippen molar-refractivity contribution in [2.24, 2.45) is 0 Å². The van der Waals surface area contributed by atoms with Crippen molar-refractivity contribution in [3.05, 3.63) is 77.9 Å². The highest BCUT2D eigenvalue weighted by Crippen LogP contribution is 2.15. The molecule has 0 radical (unpaired) electrons. The van der Waals surface area contributed by atoms with E-state index in [1.165, 1.54) is 16.8 Å². The van der Waals surface area contributed by atoms with Crippen LogP contribution in [0.25, 0.3) is 5.69 Å². The lowest BCUT2D eigenvalue weighted by Crippen LogP contribution is -2.33. The van der Waals surface area contributed by atoms with E-state index in [1.54, 1.807) is 49.4 Å². The van der Waals surface area contributed by atoms with Crippen LogP contribution in [0, 0.1) is 12.7 Å². The van der Waals surface area contributed by atoms with Crippen LogP contribution in [0.2, 0.25) is 0 Å². The lowest BCUT2D eigenvalue weighted by molar-refractivity contribution is -0.115. The van der Waals surface area contributed by atoms with Crippen LogP contribution in [0.3, 0.4) is 0 Å². The zero-order valence-corrected chi connectivity index (χ0v) is 14.1. The molecule has 1 heterocycles. The maximum atomic E-state index is 13.9. The summed E-state index contributed by atoms with van der Waals surface area (Å²) in [5, 5.41) is 9.31. The molecule has 0 fully saturated rings. The van der Waals surface area contributed by atoms with Crippen LogP contribution in [0.15, 0.2) is 60.7 Å². The SMILES string of the molecule is Cc1cc(C(=O)NCC(=O)Nc2ccccc2)nn1-c1ccccc1F. The van der Waals surface area contributed by atoms with Gasteiger partial charge in [0, 0.05) is 11.4 Å². The van der Waals surface area contributed by atoms with Gasteiger partial charge in [-0.25, -0.2) is 9.07 Å². The van der Waals surface area contributed by atoms with Gasteiger partial charge in [0.1, 0.15) is 11.5 Å². The van der Waals surface area contributed by atoms with Crippen molar-refractivity contribution >= 4 is 17.5 Å². The van der Waals surface area contributed by atoms with Gasteiger partial charge < -0.3 is 10.6 Å². The third kappa shape index (κ3) is 3.94. The first-order valence-electron chi connectivity index (χ1n) is 7.99. The average Bonchev–Trinajstić information content (AvgIpc) is 3.02. The maximum absolute atomic E-state index is 13.9. The minimum Gasteiger partial charge on any atom is -0.342 e. The zero-order chi connectivity index (χ0) is 18.5. The molecule has 3 aromatic rings. The number of hydrogen-bond acceptors (Lipinski definition) is 3. The Bertz CT molecular complexity index is 938. The topological polar surface area (TPSA) is 76.0 Å². The first-order valence-corrected chi connectivity index (χ1v) is 7.99. The first kappa shape index (κ1) is 17.3. The van der Waals surface area contributed by atoms with Crippen molar-refractivity contribution in [3.8, 4) is 5.69 Å². The molecule has 0 saturated carbocycles. The molecule has 26 heavy (non-hydrogen) atoms. The number of nitrogens with one attached hydrogen (secondary N) is 2. The number of carbonyl (C=O) groups excluding carboxylic acids is 2. The Hall–Kier alpha value is -3.48. The molecule has 2 amide bonds. The van der Waals surface area contributed by atoms with Gasteiger partial charge in [-0.2, -0.15) is 5.10 Å². The second-order valence-corrected chi connectivity index (χ2v) is 5.63. The van der Waals surface area contributed by atoms with Crippen molar-refractivity contribution in [1.82, 2.24) is 15.1 Å². The largest absolute Gasteiger partial charge is 0.342 e. The summed E-state index contributed by atoms with van der Waals surface area (Å²) in [5.74, 6) is -1.30. The second-order valence-electron chi connectivity index (χ2n) is 5.63. The molecule has 2 aromatic carbocycles. The third-order valence-corrected chi connectivity index (χ3v) is 3.67. The first-order chi connectivity index (χ1) is 12.5. The van der Waals surface area contributed by atoms with Crippen LogP contribution in [0.5, 0.6) is 0 Å². The molecule has 132 valence electrons. The summed E-state index contributed by atoms with van der Waals surface area (Å²) in [6.45, 7) is 1.53. The number of carbonyl (C=O) groups is 2. The Kier molecular flexibility index (Phi) is 5.07. The number of aromatic nitrogens is 2. The highest BCUT2D eigenvalue weighted by Gasteiger charge is 2.15. The molecule has 0 aliphatic carbocycles. The lowest BCUT2D eigenvalue weighted by Gasteiger charge is -2.06. The molecule has 2 N–H and O–H groups in total. The van der Waals surface area contributed by atoms with Gasteiger partial charge in [0.25, 0.3) is 5.91 Å². The predicted molar refractivity (Wildman–Crippen MR) is 95.7 cm³/mol. The fourth-order valence-electron chi connectivity index (χ4n) is 2.43. The van der Waals surface area contributed by atoms with E-state index >= 15 is 0 Å². The average molecular weight is 352 g/mol. The van der Waals surface area contributed by atoms with Gasteiger partial charge in [-0.15, -0.1) is 0 Å². The van der Waals surface area contributed by atoms with E-state index in [9.17, 15) is 14.0 Å². The van der Waals surface area contributed by atoms with Gasteiger partial charge in [-0.05, 0) is 37.3 Å². The Labute approximate surface area is 149 Å². The fraction of sp³-hybridized carbons (Fsp3) is 0.105. The smallest absolute Gasteiger partial charge is 0.272 e. The van der Waals surface area contributed by atoms with E-state index in [0.717, 1.165) is 0 Å². The van der Waals surface area contributed by atoms with E-state index in [2.05, 4.69) is 15.7 Å². The monoisotopic (exact) mass is 352 g/mol. The number of aryl methyl sites for hydroxylation is 1. The summed E-state index contributed by atoms with van der Waals surface area (Å²) in [6, 6.07) is 16.6. The van der Waals surface area contributed by atoms with Crippen molar-refractivity contribution in [2.75, 3.05) is 11.9 Å². The van der Waals surface area contributed by atoms with Crippen LogP contribution in [0.1, 0.15) is 16.2 Å². The molecular weight excluding hydrogens is 335 g/mol. The second kappa shape index (κ2) is 7.60. The molecule has 0 spiro atoms. The summed E-state index contributed by atoms with van der Waals surface area (Å²) in [6.07, 6.45) is 0. The van der Waals surface area contributed by atoms with Gasteiger partial charge in [0.15, 0.2) is 5.69 Å². The minimum atomic E-state index is -0.508. The van der Waals surface area contributed by atoms with Crippen molar-refractivity contribution in [3.63, 3.8) is 0 Å². The van der Waals surface area contributed by atoms with E-state index in [1.807, 2.05) is 6.07 Å². The summed E-state index contributed by atoms with van der Waals surface area (Å²) < 4.78 is 15.3. The van der Waals surface area contributed by atoms with E-state index < -0.39 is 11.7 Å². The number of anilines is 1. The quantitative estimate of drug-likeness (QED) is 0.741. The lowest BCUT2D eigenvalue weighted by atomic mass is 10.3. The molecule has 1 aromatic heterocycles. The normalized spacial score (nSPS) is 10.4. The molecule has 0 aliphatic rings. The van der Waals surface area contributed by atoms with Crippen molar-refractivity contribution in [1.29, 1.82) is 0 Å². The summed E-state index contributed by atoms with van der Waals surface area (Å²) in [5.41, 5.74) is 1.62. The molecule has 0 bridgehead atoms. The van der Waals surface area contributed by atoms with E-state index in [0.29, 0.717) is 11.4 Å². The highest BCUT2D eigenvalue weighted by atomic mass is 19.1. The molecule has 0 atom stereocenters. The maximum Gasteiger partial charge on any atom is 0.272 e. The van der Waals surface area contributed by atoms with Gasteiger partial charge in [-0.1, -0.05) is 30.3 Å². The number of rotatable bonds is 5. The van der Waals surface area contributed by atoms with Crippen molar-refractivity contribution < 1.29 is 14.0 Å². The highest BCUT2D eigenvalue weighted by molar-refractivity contribution is 5.98. The van der Waals surface area contributed by atoms with Crippen LogP contribution in [-0.2, 0) is 4.79 Å². The van der Waals surface area contributed by atoms with Crippen molar-refractivity contribution in [2.45, 2.75) is 6.92 Å². The molecule has 0 aliphatic heterocycles. The van der Waals surface area contributed by atoms with Crippen LogP contribution < -0.4 is 10.6 Å². The molecule has 3 rings (SSSR count). The van der Waals surface area contributed by atoms with Crippen LogP contribution in [-0.4, -0.2) is 28.1 Å². The Balaban J connectivity index is 1.65. The number of hydrogen-bond donors (Lipinski definition) is 2. The summed E-state index contributed by atoms with van der Waals surface area (Å²) in [4.78, 5) is 24.1. The van der Waals surface area contributed by atoms with Gasteiger partial charge in [-0.3, -0.25) is 9.59 Å². The Morgan fingerprint density at radius 2 is 1.77 bits per heavy atom. The Morgan fingerprint density at radius 3 is 2.50 bits per heavy atom. The molecule has 7 heteroatoms. The van der Waals surface area contributed by atoms with Gasteiger partial charge in [0.05, 0.1) is 6.54 Å². The number of benzene rings is 2. The number of para-hydroxylation sites is 2. The molecule has 0 saturated heterocycles. The fourth-order valence-corrected chi connectivity index (χ4v) is 2.43. The van der Waals surface area contributed by atoms with E-state index in [4.69, 9.17) is 0 Å². The van der Waals surface area contributed by atoms with E-state index in [-0.39, 0.29) is 23.8 Å². The molecule has 6 nitrogen and oxygen atoms in total. The number of halogens is 1. The summed E-state index contributed by atoms with van der Waals surface area (Å²) in [7, 11) is 0. The molecule has 0 unspecified atom stereocenters. The van der Waals surface area contributed by atoms with Gasteiger partial charge in [0.2, 0.25) is 5.91 Å². The third-order valence-electron chi connectivity index (χ3n) is 3.67. The van der Waals surface area contributed by atoms with Crippen LogP contribution >= 0.6 is 0 Å². The Morgan fingerprint density at radius 1 is 1.08 bits per heavy atom. The molecular formula is C19H17FN4O2. The van der Waals surface area contributed by atoms with Gasteiger partial charge >= 0.3 is 0 Å². The minimum absolute atomic E-state index is 0.110. The number of amides is 2.